The summed E-state index contributed by atoms with van der Waals surface area (Å²) in [5.41, 5.74) is 8.79. The minimum absolute atomic E-state index is 0.0704. The van der Waals surface area contributed by atoms with Crippen molar-refractivity contribution in [2.45, 2.75) is 5.92 Å². The summed E-state index contributed by atoms with van der Waals surface area (Å²) in [6, 6.07) is 13.5. The lowest BCUT2D eigenvalue weighted by Crippen LogP contribution is -2.48. The van der Waals surface area contributed by atoms with Crippen molar-refractivity contribution < 1.29 is 4.79 Å². The number of carbonyl (C=O) groups excluding carboxylic acids is 1. The highest BCUT2D eigenvalue weighted by atomic mass is 16.2. The number of nitrogen functional groups attached to an aromatic ring is 1. The average Bonchev–Trinajstić information content (AvgIpc) is 2.62. The van der Waals surface area contributed by atoms with Gasteiger partial charge in [0.05, 0.1) is 11.3 Å². The average molecular weight is 331 g/mol. The second-order valence-electron chi connectivity index (χ2n) is 6.05. The topological polar surface area (TPSA) is 85.0 Å². The van der Waals surface area contributed by atoms with Crippen LogP contribution in [0.3, 0.4) is 0 Å². The van der Waals surface area contributed by atoms with Crippen molar-refractivity contribution in [3.63, 3.8) is 0 Å². The van der Waals surface area contributed by atoms with E-state index in [1.807, 2.05) is 48.7 Å². The summed E-state index contributed by atoms with van der Waals surface area (Å²) in [7, 11) is 0. The van der Waals surface area contributed by atoms with E-state index in [4.69, 9.17) is 5.73 Å². The number of nitrogens with zero attached hydrogens (tertiary/aromatic N) is 4. The van der Waals surface area contributed by atoms with Crippen LogP contribution in [0.15, 0.2) is 61.1 Å². The van der Waals surface area contributed by atoms with Crippen LogP contribution in [0.25, 0.3) is 11.3 Å². The molecule has 0 aliphatic carbocycles. The fourth-order valence-electron chi connectivity index (χ4n) is 3.01. The molecule has 1 fully saturated rings. The van der Waals surface area contributed by atoms with Gasteiger partial charge in [0.25, 0.3) is 5.91 Å². The predicted molar refractivity (Wildman–Crippen MR) is 94.8 cm³/mol. The van der Waals surface area contributed by atoms with Gasteiger partial charge in [-0.05, 0) is 11.6 Å². The highest BCUT2D eigenvalue weighted by molar-refractivity contribution is 6.00. The van der Waals surface area contributed by atoms with Gasteiger partial charge < -0.3 is 10.6 Å². The first kappa shape index (κ1) is 15.3. The van der Waals surface area contributed by atoms with E-state index in [0.717, 1.165) is 11.1 Å². The fourth-order valence-corrected chi connectivity index (χ4v) is 3.01. The van der Waals surface area contributed by atoms with Gasteiger partial charge in [-0.3, -0.25) is 9.78 Å². The number of rotatable bonds is 3. The van der Waals surface area contributed by atoms with Crippen molar-refractivity contribution in [2.24, 2.45) is 0 Å². The van der Waals surface area contributed by atoms with Gasteiger partial charge >= 0.3 is 0 Å². The van der Waals surface area contributed by atoms with Crippen molar-refractivity contribution >= 4 is 11.9 Å². The van der Waals surface area contributed by atoms with E-state index in [9.17, 15) is 4.79 Å². The zero-order chi connectivity index (χ0) is 17.2. The van der Waals surface area contributed by atoms with E-state index in [2.05, 4.69) is 15.0 Å². The number of anilines is 1. The summed E-state index contributed by atoms with van der Waals surface area (Å²) in [6.45, 7) is 1.34. The van der Waals surface area contributed by atoms with Gasteiger partial charge in [0.2, 0.25) is 5.95 Å². The Balaban J connectivity index is 1.58. The Bertz CT molecular complexity index is 892. The molecule has 0 spiro atoms. The highest BCUT2D eigenvalue weighted by Crippen LogP contribution is 2.30. The van der Waals surface area contributed by atoms with Crippen LogP contribution in [0.5, 0.6) is 0 Å². The van der Waals surface area contributed by atoms with Crippen LogP contribution in [-0.4, -0.2) is 38.8 Å². The molecule has 1 amide bonds. The molecule has 0 atom stereocenters. The van der Waals surface area contributed by atoms with Crippen molar-refractivity contribution in [3.05, 3.63) is 72.2 Å². The van der Waals surface area contributed by atoms with E-state index < -0.39 is 0 Å². The number of pyridine rings is 1. The van der Waals surface area contributed by atoms with Gasteiger partial charge in [0.1, 0.15) is 0 Å². The van der Waals surface area contributed by atoms with Crippen LogP contribution in [0, 0.1) is 0 Å². The summed E-state index contributed by atoms with van der Waals surface area (Å²) in [6.07, 6.45) is 5.13. The van der Waals surface area contributed by atoms with E-state index in [1.54, 1.807) is 11.1 Å². The second kappa shape index (κ2) is 6.32. The summed E-state index contributed by atoms with van der Waals surface area (Å²) < 4.78 is 0. The fraction of sp³-hybridized carbons (Fsp3) is 0.158. The zero-order valence-corrected chi connectivity index (χ0v) is 13.5. The first-order valence-electron chi connectivity index (χ1n) is 8.09. The Kier molecular flexibility index (Phi) is 3.85. The molecule has 2 aromatic heterocycles. The molecule has 3 heterocycles. The quantitative estimate of drug-likeness (QED) is 0.796. The number of likely N-dealkylation sites (tertiary alicyclic amines) is 1. The third kappa shape index (κ3) is 2.94. The molecule has 0 radical (unpaired) electrons. The molecule has 0 unspecified atom stereocenters. The smallest absolute Gasteiger partial charge is 0.257 e. The monoisotopic (exact) mass is 331 g/mol. The molecule has 6 nitrogen and oxygen atoms in total. The van der Waals surface area contributed by atoms with Gasteiger partial charge in [0.15, 0.2) is 0 Å². The van der Waals surface area contributed by atoms with Crippen LogP contribution in [0.4, 0.5) is 5.95 Å². The lowest BCUT2D eigenvalue weighted by Gasteiger charge is -2.39. The van der Waals surface area contributed by atoms with E-state index in [-0.39, 0.29) is 11.9 Å². The summed E-state index contributed by atoms with van der Waals surface area (Å²) in [5, 5.41) is 0. The molecule has 1 aliphatic heterocycles. The molecule has 4 rings (SSSR count). The minimum Gasteiger partial charge on any atom is -0.368 e. The molecule has 2 N–H and O–H groups in total. The summed E-state index contributed by atoms with van der Waals surface area (Å²) in [4.78, 5) is 27.2. The molecular weight excluding hydrogens is 314 g/mol. The minimum atomic E-state index is -0.0704. The Morgan fingerprint density at radius 1 is 1.08 bits per heavy atom. The van der Waals surface area contributed by atoms with E-state index >= 15 is 0 Å². The number of hydrogen-bond donors (Lipinski definition) is 1. The van der Waals surface area contributed by atoms with Crippen molar-refractivity contribution in [1.29, 1.82) is 0 Å². The molecule has 124 valence electrons. The number of carbonyl (C=O) groups is 1. The van der Waals surface area contributed by atoms with Gasteiger partial charge in [-0.25, -0.2) is 9.97 Å². The van der Waals surface area contributed by atoms with Crippen molar-refractivity contribution in [1.82, 2.24) is 19.9 Å². The van der Waals surface area contributed by atoms with Crippen LogP contribution < -0.4 is 5.73 Å². The SMILES string of the molecule is Nc1ncc(C(=O)N2CC(c3cccnc3)C2)c(-c2ccccc2)n1. The van der Waals surface area contributed by atoms with Crippen molar-refractivity contribution in [2.75, 3.05) is 18.8 Å². The highest BCUT2D eigenvalue weighted by Gasteiger charge is 2.33. The predicted octanol–water partition coefficient (Wildman–Crippen LogP) is 2.36. The van der Waals surface area contributed by atoms with Gasteiger partial charge in [-0.1, -0.05) is 36.4 Å². The lowest BCUT2D eigenvalue weighted by atomic mass is 9.92. The molecule has 6 heteroatoms. The molecule has 0 bridgehead atoms. The maximum absolute atomic E-state index is 12.9. The largest absolute Gasteiger partial charge is 0.368 e. The molecular formula is C19H17N5O. The van der Waals surface area contributed by atoms with Gasteiger partial charge in [-0.2, -0.15) is 0 Å². The van der Waals surface area contributed by atoms with Crippen molar-refractivity contribution in [3.8, 4) is 11.3 Å². The normalized spacial score (nSPS) is 14.2. The number of amides is 1. The number of hydrogen-bond acceptors (Lipinski definition) is 5. The third-order valence-corrected chi connectivity index (χ3v) is 4.41. The maximum Gasteiger partial charge on any atom is 0.257 e. The van der Waals surface area contributed by atoms with E-state index in [1.165, 1.54) is 6.20 Å². The van der Waals surface area contributed by atoms with Crippen LogP contribution in [0.1, 0.15) is 21.8 Å². The molecule has 1 saturated heterocycles. The Labute approximate surface area is 145 Å². The van der Waals surface area contributed by atoms with Crippen LogP contribution in [0.2, 0.25) is 0 Å². The number of aromatic nitrogens is 3. The Hall–Kier alpha value is -3.28. The van der Waals surface area contributed by atoms with Crippen LogP contribution >= 0.6 is 0 Å². The molecule has 0 saturated carbocycles. The van der Waals surface area contributed by atoms with E-state index in [0.29, 0.717) is 30.3 Å². The summed E-state index contributed by atoms with van der Waals surface area (Å²) in [5.74, 6) is 0.416. The number of benzene rings is 1. The maximum atomic E-state index is 12.9. The third-order valence-electron chi connectivity index (χ3n) is 4.41. The zero-order valence-electron chi connectivity index (χ0n) is 13.5. The Morgan fingerprint density at radius 3 is 2.60 bits per heavy atom. The first-order valence-corrected chi connectivity index (χ1v) is 8.09. The molecule has 25 heavy (non-hydrogen) atoms. The number of nitrogens with two attached hydrogens (primary N) is 1. The second-order valence-corrected chi connectivity index (χ2v) is 6.05. The summed E-state index contributed by atoms with van der Waals surface area (Å²) >= 11 is 0. The van der Waals surface area contributed by atoms with Gasteiger partial charge in [-0.15, -0.1) is 0 Å². The lowest BCUT2D eigenvalue weighted by molar-refractivity contribution is 0.0602. The molecule has 1 aromatic carbocycles. The molecule has 1 aliphatic rings. The molecule has 3 aromatic rings. The van der Waals surface area contributed by atoms with Crippen LogP contribution in [-0.2, 0) is 0 Å². The standard InChI is InChI=1S/C19H17N5O/c20-19-22-10-16(17(23-19)13-5-2-1-3-6-13)18(25)24-11-15(12-24)14-7-4-8-21-9-14/h1-10,15H,11-12H2,(H2,20,22,23). The first-order chi connectivity index (χ1) is 12.2. The Morgan fingerprint density at radius 2 is 1.88 bits per heavy atom. The van der Waals surface area contributed by atoms with Gasteiger partial charge in [0, 0.05) is 43.2 Å².